The van der Waals surface area contributed by atoms with Crippen molar-refractivity contribution in [2.45, 2.75) is 63.9 Å². The van der Waals surface area contributed by atoms with Crippen LogP contribution in [0, 0.1) is 6.92 Å². The fourth-order valence-corrected chi connectivity index (χ4v) is 6.14. The van der Waals surface area contributed by atoms with Crippen molar-refractivity contribution in [3.8, 4) is 0 Å². The Labute approximate surface area is 202 Å². The molecule has 8 heteroatoms. The van der Waals surface area contributed by atoms with E-state index in [0.29, 0.717) is 42.9 Å². The van der Waals surface area contributed by atoms with Gasteiger partial charge in [-0.15, -0.1) is 0 Å². The summed E-state index contributed by atoms with van der Waals surface area (Å²) >= 11 is 0. The van der Waals surface area contributed by atoms with Crippen LogP contribution in [0.3, 0.4) is 0 Å². The molecular formula is C26H34N4O3S. The number of nitrogens with zero attached hydrogens (tertiary/aromatic N) is 4. The summed E-state index contributed by atoms with van der Waals surface area (Å²) in [7, 11) is -1.66. The first-order valence-corrected chi connectivity index (χ1v) is 13.5. The Morgan fingerprint density at radius 1 is 1.12 bits per heavy atom. The van der Waals surface area contributed by atoms with E-state index in [1.165, 1.54) is 5.56 Å². The second kappa shape index (κ2) is 10.3. The van der Waals surface area contributed by atoms with Gasteiger partial charge in [0.25, 0.3) is 0 Å². The molecule has 1 aromatic heterocycles. The summed E-state index contributed by atoms with van der Waals surface area (Å²) in [6.07, 6.45) is 3.60. The molecule has 182 valence electrons. The average Bonchev–Trinajstić information content (AvgIpc) is 3.48. The van der Waals surface area contributed by atoms with Crippen molar-refractivity contribution in [2.75, 3.05) is 20.1 Å². The largest absolute Gasteiger partial charge is 0.341 e. The van der Waals surface area contributed by atoms with Gasteiger partial charge in [-0.3, -0.25) is 4.79 Å². The molecule has 2 aromatic carbocycles. The Hall–Kier alpha value is -2.71. The summed E-state index contributed by atoms with van der Waals surface area (Å²) in [5.41, 5.74) is 3.90. The Morgan fingerprint density at radius 2 is 1.85 bits per heavy atom. The predicted molar refractivity (Wildman–Crippen MR) is 134 cm³/mol. The summed E-state index contributed by atoms with van der Waals surface area (Å²) in [6.45, 7) is 6.66. The molecule has 0 aliphatic carbocycles. The normalized spacial score (nSPS) is 14.7. The number of hydrogen-bond donors (Lipinski definition) is 0. The van der Waals surface area contributed by atoms with Crippen LogP contribution in [0.1, 0.15) is 49.6 Å². The van der Waals surface area contributed by atoms with Crippen LogP contribution in [0.5, 0.6) is 0 Å². The summed E-state index contributed by atoms with van der Waals surface area (Å²) in [4.78, 5) is 19.7. The molecule has 0 unspecified atom stereocenters. The van der Waals surface area contributed by atoms with Crippen molar-refractivity contribution in [3.63, 3.8) is 0 Å². The van der Waals surface area contributed by atoms with E-state index in [9.17, 15) is 13.2 Å². The highest BCUT2D eigenvalue weighted by Gasteiger charge is 2.28. The van der Waals surface area contributed by atoms with Crippen LogP contribution in [0.4, 0.5) is 0 Å². The number of hydrogen-bond acceptors (Lipinski definition) is 4. The number of fused-ring (bicyclic) bond motifs is 1. The fourth-order valence-electron chi connectivity index (χ4n) is 4.60. The van der Waals surface area contributed by atoms with Gasteiger partial charge in [-0.2, -0.15) is 4.31 Å². The van der Waals surface area contributed by atoms with Crippen LogP contribution in [0.25, 0.3) is 11.0 Å². The molecule has 3 aromatic rings. The molecule has 0 spiro atoms. The van der Waals surface area contributed by atoms with Gasteiger partial charge in [-0.1, -0.05) is 31.2 Å². The van der Waals surface area contributed by atoms with Gasteiger partial charge in [0.15, 0.2) is 0 Å². The number of aryl methyl sites for hydroxylation is 3. The number of amides is 1. The molecule has 0 atom stereocenters. The van der Waals surface area contributed by atoms with E-state index in [1.807, 2.05) is 31.3 Å². The molecule has 0 N–H and O–H groups in total. The van der Waals surface area contributed by atoms with Crippen LogP contribution in [-0.4, -0.2) is 53.2 Å². The second-order valence-electron chi connectivity index (χ2n) is 9.12. The first-order chi connectivity index (χ1) is 16.3. The van der Waals surface area contributed by atoms with Crippen molar-refractivity contribution < 1.29 is 13.2 Å². The molecule has 1 aliphatic rings. The summed E-state index contributed by atoms with van der Waals surface area (Å²) in [5, 5.41) is 0. The van der Waals surface area contributed by atoms with E-state index >= 15 is 0 Å². The van der Waals surface area contributed by atoms with E-state index in [-0.39, 0.29) is 5.91 Å². The maximum atomic E-state index is 13.0. The second-order valence-corrected chi connectivity index (χ2v) is 11.1. The lowest BCUT2D eigenvalue weighted by Gasteiger charge is -2.18. The van der Waals surface area contributed by atoms with E-state index in [0.717, 1.165) is 42.7 Å². The van der Waals surface area contributed by atoms with Gasteiger partial charge in [0, 0.05) is 46.1 Å². The fraction of sp³-hybridized carbons (Fsp3) is 0.462. The molecule has 1 aliphatic heterocycles. The lowest BCUT2D eigenvalue weighted by molar-refractivity contribution is -0.130. The van der Waals surface area contributed by atoms with E-state index in [1.54, 1.807) is 21.3 Å². The van der Waals surface area contributed by atoms with Crippen molar-refractivity contribution in [1.29, 1.82) is 0 Å². The van der Waals surface area contributed by atoms with Gasteiger partial charge < -0.3 is 9.47 Å². The Morgan fingerprint density at radius 3 is 2.56 bits per heavy atom. The first kappa shape index (κ1) is 24.4. The van der Waals surface area contributed by atoms with E-state index in [2.05, 4.69) is 24.5 Å². The van der Waals surface area contributed by atoms with Gasteiger partial charge in [0.05, 0.1) is 15.9 Å². The number of carbonyl (C=O) groups is 1. The number of benzene rings is 2. The summed E-state index contributed by atoms with van der Waals surface area (Å²) in [5.74, 6) is 0.890. The molecule has 0 bridgehead atoms. The lowest BCUT2D eigenvalue weighted by atomic mass is 10.1. The van der Waals surface area contributed by atoms with Gasteiger partial charge in [0.1, 0.15) is 5.82 Å². The van der Waals surface area contributed by atoms with Crippen LogP contribution >= 0.6 is 0 Å². The molecular weight excluding hydrogens is 448 g/mol. The molecule has 7 nitrogen and oxygen atoms in total. The van der Waals surface area contributed by atoms with E-state index in [4.69, 9.17) is 4.98 Å². The topological polar surface area (TPSA) is 75.5 Å². The van der Waals surface area contributed by atoms with E-state index < -0.39 is 10.0 Å². The summed E-state index contributed by atoms with van der Waals surface area (Å²) in [6, 6.07) is 13.3. The third-order valence-corrected chi connectivity index (χ3v) is 8.50. The van der Waals surface area contributed by atoms with Crippen molar-refractivity contribution >= 4 is 27.0 Å². The monoisotopic (exact) mass is 482 g/mol. The highest BCUT2D eigenvalue weighted by atomic mass is 32.2. The van der Waals surface area contributed by atoms with Crippen LogP contribution in [0.2, 0.25) is 0 Å². The molecule has 1 fully saturated rings. The zero-order valence-corrected chi connectivity index (χ0v) is 21.1. The van der Waals surface area contributed by atoms with Gasteiger partial charge >= 0.3 is 0 Å². The molecule has 1 saturated heterocycles. The van der Waals surface area contributed by atoms with Gasteiger partial charge in [0.2, 0.25) is 15.9 Å². The molecule has 1 amide bonds. The Balaban J connectivity index is 1.52. The van der Waals surface area contributed by atoms with Crippen LogP contribution in [0.15, 0.2) is 47.4 Å². The van der Waals surface area contributed by atoms with Crippen LogP contribution in [-0.2, 0) is 34.3 Å². The zero-order chi connectivity index (χ0) is 24.3. The molecule has 0 radical (unpaired) electrons. The Kier molecular flexibility index (Phi) is 7.38. The van der Waals surface area contributed by atoms with Crippen molar-refractivity contribution in [1.82, 2.24) is 18.8 Å². The quantitative estimate of drug-likeness (QED) is 0.460. The Bertz CT molecular complexity index is 1280. The zero-order valence-electron chi connectivity index (χ0n) is 20.3. The minimum absolute atomic E-state index is 0.0654. The van der Waals surface area contributed by atoms with Crippen molar-refractivity contribution in [2.24, 2.45) is 0 Å². The number of rotatable bonds is 9. The standard InChI is InChI=1S/C26H34N4O3S/c1-4-15-30-24-12-11-22(34(32,33)29-16-7-8-17-29)18-23(24)27-25(30)13-14-26(31)28(3)19-21-10-6-5-9-20(21)2/h5-6,9-12,18H,4,7-8,13-17,19H2,1-3H3. The molecule has 0 saturated carbocycles. The summed E-state index contributed by atoms with van der Waals surface area (Å²) < 4.78 is 29.7. The number of aromatic nitrogens is 2. The SMILES string of the molecule is CCCn1c(CCC(=O)N(C)Cc2ccccc2C)nc2cc(S(=O)(=O)N3CCCC3)ccc21. The van der Waals surface area contributed by atoms with Crippen molar-refractivity contribution in [3.05, 3.63) is 59.4 Å². The first-order valence-electron chi connectivity index (χ1n) is 12.1. The minimum atomic E-state index is -3.49. The lowest BCUT2D eigenvalue weighted by Crippen LogP contribution is -2.27. The minimum Gasteiger partial charge on any atom is -0.341 e. The highest BCUT2D eigenvalue weighted by Crippen LogP contribution is 2.26. The maximum absolute atomic E-state index is 13.0. The maximum Gasteiger partial charge on any atom is 0.243 e. The number of imidazole rings is 1. The third kappa shape index (κ3) is 5.03. The third-order valence-electron chi connectivity index (χ3n) is 6.61. The number of carbonyl (C=O) groups excluding carboxylic acids is 1. The smallest absolute Gasteiger partial charge is 0.243 e. The van der Waals surface area contributed by atoms with Crippen LogP contribution < -0.4 is 0 Å². The molecule has 2 heterocycles. The van der Waals surface area contributed by atoms with Gasteiger partial charge in [-0.05, 0) is 55.5 Å². The number of sulfonamides is 1. The average molecular weight is 483 g/mol. The highest BCUT2D eigenvalue weighted by molar-refractivity contribution is 7.89. The molecule has 34 heavy (non-hydrogen) atoms. The molecule has 4 rings (SSSR count). The predicted octanol–water partition coefficient (Wildman–Crippen LogP) is 4.13. The van der Waals surface area contributed by atoms with Gasteiger partial charge in [-0.25, -0.2) is 13.4 Å².